The Hall–Kier alpha value is -1.86. The van der Waals surface area contributed by atoms with E-state index in [2.05, 4.69) is 29.4 Å². The molecule has 0 unspecified atom stereocenters. The Morgan fingerprint density at radius 3 is 2.77 bits per heavy atom. The van der Waals surface area contributed by atoms with Gasteiger partial charge in [0.25, 0.3) is 0 Å². The lowest BCUT2D eigenvalue weighted by Gasteiger charge is -2.39. The standard InChI is InChI=1S/C19H31FN4O2/c1-4-21-18(22-8-11-26-17-7-5-6-16(20)14-17)23-15-19(2,3)24-9-12-25-13-10-24/h5-7,14H,4,8-13,15H2,1-3H3,(H2,21,22,23). The second-order valence-corrected chi connectivity index (χ2v) is 6.84. The highest BCUT2D eigenvalue weighted by Gasteiger charge is 2.28. The Morgan fingerprint density at radius 1 is 1.31 bits per heavy atom. The predicted octanol–water partition coefficient (Wildman–Crippen LogP) is 1.87. The van der Waals surface area contributed by atoms with E-state index in [1.165, 1.54) is 12.1 Å². The summed E-state index contributed by atoms with van der Waals surface area (Å²) in [4.78, 5) is 7.13. The van der Waals surface area contributed by atoms with E-state index < -0.39 is 0 Å². The van der Waals surface area contributed by atoms with Crippen LogP contribution in [-0.4, -0.2) is 68.9 Å². The Morgan fingerprint density at radius 2 is 2.08 bits per heavy atom. The van der Waals surface area contributed by atoms with Crippen LogP contribution >= 0.6 is 0 Å². The fourth-order valence-electron chi connectivity index (χ4n) is 2.78. The molecule has 1 aromatic rings. The van der Waals surface area contributed by atoms with Gasteiger partial charge in [-0.05, 0) is 32.9 Å². The van der Waals surface area contributed by atoms with Gasteiger partial charge in [-0.15, -0.1) is 0 Å². The lowest BCUT2D eigenvalue weighted by atomic mass is 10.0. The molecule has 1 aliphatic rings. The number of morpholine rings is 1. The molecule has 0 aromatic heterocycles. The fraction of sp³-hybridized carbons (Fsp3) is 0.632. The van der Waals surface area contributed by atoms with Gasteiger partial charge >= 0.3 is 0 Å². The van der Waals surface area contributed by atoms with Crippen molar-refractivity contribution in [3.8, 4) is 5.75 Å². The Balaban J connectivity index is 1.79. The van der Waals surface area contributed by atoms with Crippen molar-refractivity contribution in [1.82, 2.24) is 15.5 Å². The SMILES string of the molecule is CCNC(=NCC(C)(C)N1CCOCC1)NCCOc1cccc(F)c1. The smallest absolute Gasteiger partial charge is 0.191 e. The van der Waals surface area contributed by atoms with Gasteiger partial charge in [0.2, 0.25) is 0 Å². The molecule has 1 heterocycles. The molecule has 0 aliphatic carbocycles. The lowest BCUT2D eigenvalue weighted by Crippen LogP contribution is -2.52. The monoisotopic (exact) mass is 366 g/mol. The van der Waals surface area contributed by atoms with Crippen LogP contribution in [-0.2, 0) is 4.74 Å². The number of hydrogen-bond acceptors (Lipinski definition) is 4. The third-order valence-corrected chi connectivity index (χ3v) is 4.29. The first-order valence-electron chi connectivity index (χ1n) is 9.24. The molecule has 26 heavy (non-hydrogen) atoms. The molecule has 1 aromatic carbocycles. The maximum absolute atomic E-state index is 13.1. The average molecular weight is 366 g/mol. The molecule has 1 saturated heterocycles. The zero-order valence-electron chi connectivity index (χ0n) is 16.1. The van der Waals surface area contributed by atoms with E-state index >= 15 is 0 Å². The van der Waals surface area contributed by atoms with Gasteiger partial charge in [0.1, 0.15) is 18.2 Å². The molecule has 0 radical (unpaired) electrons. The minimum absolute atomic E-state index is 0.0236. The third-order valence-electron chi connectivity index (χ3n) is 4.29. The molecular weight excluding hydrogens is 335 g/mol. The molecule has 0 bridgehead atoms. The zero-order valence-corrected chi connectivity index (χ0v) is 16.1. The second-order valence-electron chi connectivity index (χ2n) is 6.84. The molecule has 1 fully saturated rings. The first kappa shape index (κ1) is 20.5. The van der Waals surface area contributed by atoms with Crippen LogP contribution in [0.5, 0.6) is 5.75 Å². The van der Waals surface area contributed by atoms with Crippen molar-refractivity contribution in [2.45, 2.75) is 26.3 Å². The molecule has 1 aliphatic heterocycles. The number of rotatable bonds is 8. The molecule has 0 spiro atoms. The number of aliphatic imine (C=N–C) groups is 1. The maximum atomic E-state index is 13.1. The van der Waals surface area contributed by atoms with Gasteiger partial charge in [-0.3, -0.25) is 9.89 Å². The molecule has 2 rings (SSSR count). The predicted molar refractivity (Wildman–Crippen MR) is 102 cm³/mol. The molecule has 7 heteroatoms. The summed E-state index contributed by atoms with van der Waals surface area (Å²) >= 11 is 0. The van der Waals surface area contributed by atoms with Gasteiger partial charge in [0.15, 0.2) is 5.96 Å². The topological polar surface area (TPSA) is 58.1 Å². The summed E-state index contributed by atoms with van der Waals surface area (Å²) in [5, 5.41) is 6.50. The van der Waals surface area contributed by atoms with Crippen molar-refractivity contribution in [3.63, 3.8) is 0 Å². The number of halogens is 1. The molecule has 6 nitrogen and oxygen atoms in total. The highest BCUT2D eigenvalue weighted by Crippen LogP contribution is 2.16. The summed E-state index contributed by atoms with van der Waals surface area (Å²) < 4.78 is 24.1. The van der Waals surface area contributed by atoms with Crippen molar-refractivity contribution < 1.29 is 13.9 Å². The molecular formula is C19H31FN4O2. The number of benzene rings is 1. The van der Waals surface area contributed by atoms with Crippen LogP contribution in [0.15, 0.2) is 29.3 Å². The first-order valence-corrected chi connectivity index (χ1v) is 9.24. The summed E-state index contributed by atoms with van der Waals surface area (Å²) in [5.74, 6) is 0.995. The molecule has 2 N–H and O–H groups in total. The summed E-state index contributed by atoms with van der Waals surface area (Å²) in [6.07, 6.45) is 0. The Kier molecular flexibility index (Phi) is 8.12. The summed E-state index contributed by atoms with van der Waals surface area (Å²) in [7, 11) is 0. The molecule has 0 amide bonds. The van der Waals surface area contributed by atoms with Crippen LogP contribution in [0.4, 0.5) is 4.39 Å². The molecule has 0 atom stereocenters. The van der Waals surface area contributed by atoms with Crippen molar-refractivity contribution in [2.24, 2.45) is 4.99 Å². The van der Waals surface area contributed by atoms with Gasteiger partial charge in [0, 0.05) is 31.2 Å². The van der Waals surface area contributed by atoms with E-state index in [-0.39, 0.29) is 11.4 Å². The largest absolute Gasteiger partial charge is 0.492 e. The summed E-state index contributed by atoms with van der Waals surface area (Å²) in [6.45, 7) is 12.4. The number of guanidine groups is 1. The number of nitrogens with zero attached hydrogens (tertiary/aromatic N) is 2. The number of nitrogens with one attached hydrogen (secondary N) is 2. The second kappa shape index (κ2) is 10.3. The van der Waals surface area contributed by atoms with Gasteiger partial charge < -0.3 is 20.1 Å². The third kappa shape index (κ3) is 6.80. The lowest BCUT2D eigenvalue weighted by molar-refractivity contribution is -0.00683. The zero-order chi connectivity index (χ0) is 18.8. The van der Waals surface area contributed by atoms with E-state index in [4.69, 9.17) is 14.5 Å². The van der Waals surface area contributed by atoms with Crippen molar-refractivity contribution >= 4 is 5.96 Å². The van der Waals surface area contributed by atoms with E-state index in [1.807, 2.05) is 6.92 Å². The van der Waals surface area contributed by atoms with Crippen LogP contribution in [0, 0.1) is 5.82 Å². The fourth-order valence-corrected chi connectivity index (χ4v) is 2.78. The molecule has 0 saturated carbocycles. The van der Waals surface area contributed by atoms with Gasteiger partial charge in [-0.2, -0.15) is 0 Å². The van der Waals surface area contributed by atoms with Crippen molar-refractivity contribution in [1.29, 1.82) is 0 Å². The van der Waals surface area contributed by atoms with Crippen LogP contribution in [0.1, 0.15) is 20.8 Å². The first-order chi connectivity index (χ1) is 12.5. The van der Waals surface area contributed by atoms with Crippen molar-refractivity contribution in [2.75, 3.05) is 52.5 Å². The van der Waals surface area contributed by atoms with E-state index in [0.29, 0.717) is 25.4 Å². The quantitative estimate of drug-likeness (QED) is 0.418. The van der Waals surface area contributed by atoms with Gasteiger partial charge in [0.05, 0.1) is 26.3 Å². The van der Waals surface area contributed by atoms with E-state index in [1.54, 1.807) is 12.1 Å². The summed E-state index contributed by atoms with van der Waals surface area (Å²) in [6, 6.07) is 6.16. The van der Waals surface area contributed by atoms with Gasteiger partial charge in [-0.25, -0.2) is 4.39 Å². The minimum Gasteiger partial charge on any atom is -0.492 e. The van der Waals surface area contributed by atoms with Gasteiger partial charge in [-0.1, -0.05) is 6.07 Å². The Labute approximate surface area is 155 Å². The maximum Gasteiger partial charge on any atom is 0.191 e. The van der Waals surface area contributed by atoms with Crippen molar-refractivity contribution in [3.05, 3.63) is 30.1 Å². The summed E-state index contributed by atoms with van der Waals surface area (Å²) in [5.41, 5.74) is -0.0236. The van der Waals surface area contributed by atoms with Crippen LogP contribution in [0.3, 0.4) is 0 Å². The van der Waals surface area contributed by atoms with Crippen LogP contribution < -0.4 is 15.4 Å². The Bertz CT molecular complexity index is 574. The van der Waals surface area contributed by atoms with E-state index in [9.17, 15) is 4.39 Å². The number of ether oxygens (including phenoxy) is 2. The minimum atomic E-state index is -0.296. The highest BCUT2D eigenvalue weighted by molar-refractivity contribution is 5.79. The molecule has 146 valence electrons. The van der Waals surface area contributed by atoms with Crippen LogP contribution in [0.25, 0.3) is 0 Å². The van der Waals surface area contributed by atoms with E-state index in [0.717, 1.165) is 38.8 Å². The highest BCUT2D eigenvalue weighted by atomic mass is 19.1. The average Bonchev–Trinajstić information content (AvgIpc) is 2.64. The normalized spacial score (nSPS) is 16.4. The number of hydrogen-bond donors (Lipinski definition) is 2. The van der Waals surface area contributed by atoms with Crippen LogP contribution in [0.2, 0.25) is 0 Å².